The molecule has 0 saturated carbocycles. The lowest BCUT2D eigenvalue weighted by molar-refractivity contribution is 0.669. The fourth-order valence-corrected chi connectivity index (χ4v) is 7.55. The molecule has 0 bridgehead atoms. The molecule has 0 atom stereocenters. The Morgan fingerprint density at radius 1 is 0.327 bits per heavy atom. The lowest BCUT2D eigenvalue weighted by Gasteiger charge is -2.11. The van der Waals surface area contributed by atoms with E-state index in [1.165, 1.54) is 10.8 Å². The number of nitrogens with zero attached hydrogens (tertiary/aromatic N) is 3. The van der Waals surface area contributed by atoms with E-state index in [0.29, 0.717) is 17.5 Å². The van der Waals surface area contributed by atoms with E-state index in [9.17, 15) is 0 Å². The number of fused-ring (bicyclic) bond motifs is 8. The highest BCUT2D eigenvalue weighted by atomic mass is 16.3. The number of furan rings is 2. The molecule has 0 aliphatic heterocycles. The summed E-state index contributed by atoms with van der Waals surface area (Å²) in [6.45, 7) is 0. The number of para-hydroxylation sites is 2. The molecule has 242 valence electrons. The van der Waals surface area contributed by atoms with E-state index in [1.54, 1.807) is 0 Å². The van der Waals surface area contributed by atoms with E-state index >= 15 is 0 Å². The summed E-state index contributed by atoms with van der Waals surface area (Å²) in [4.78, 5) is 15.5. The monoisotopic (exact) mass is 665 g/mol. The number of rotatable bonds is 4. The van der Waals surface area contributed by atoms with Gasteiger partial charge in [0.1, 0.15) is 22.3 Å². The normalized spacial score (nSPS) is 11.8. The molecule has 0 radical (unpaired) electrons. The highest BCUT2D eigenvalue weighted by Gasteiger charge is 2.21. The van der Waals surface area contributed by atoms with E-state index in [0.717, 1.165) is 82.5 Å². The molecule has 0 saturated heterocycles. The third-order valence-corrected chi connectivity index (χ3v) is 10.1. The fraction of sp³-hybridized carbons (Fsp3) is 0. The third-order valence-electron chi connectivity index (χ3n) is 10.1. The summed E-state index contributed by atoms with van der Waals surface area (Å²) < 4.78 is 12.8. The van der Waals surface area contributed by atoms with Crippen LogP contribution in [0.4, 0.5) is 0 Å². The minimum absolute atomic E-state index is 0.576. The Kier molecular flexibility index (Phi) is 6.18. The maximum Gasteiger partial charge on any atom is 0.164 e. The average Bonchev–Trinajstić information content (AvgIpc) is 3.79. The zero-order chi connectivity index (χ0) is 34.2. The zero-order valence-corrected chi connectivity index (χ0v) is 27.7. The number of benzene rings is 8. The van der Waals surface area contributed by atoms with Crippen LogP contribution in [0.5, 0.6) is 0 Å². The van der Waals surface area contributed by atoms with E-state index in [-0.39, 0.29) is 0 Å². The smallest absolute Gasteiger partial charge is 0.164 e. The molecule has 3 aromatic heterocycles. The summed E-state index contributed by atoms with van der Waals surface area (Å²) in [5.74, 6) is 1.76. The molecule has 0 aliphatic carbocycles. The van der Waals surface area contributed by atoms with E-state index in [1.807, 2.05) is 48.5 Å². The maximum absolute atomic E-state index is 6.69. The van der Waals surface area contributed by atoms with Gasteiger partial charge in [-0.2, -0.15) is 0 Å². The number of aromatic nitrogens is 3. The molecule has 11 aromatic rings. The Labute approximate surface area is 297 Å². The largest absolute Gasteiger partial charge is 0.456 e. The first-order valence-corrected chi connectivity index (χ1v) is 17.3. The van der Waals surface area contributed by atoms with Gasteiger partial charge in [0.2, 0.25) is 0 Å². The zero-order valence-electron chi connectivity index (χ0n) is 27.7. The molecule has 0 unspecified atom stereocenters. The van der Waals surface area contributed by atoms with Crippen molar-refractivity contribution >= 4 is 65.4 Å². The van der Waals surface area contributed by atoms with Crippen LogP contribution in [0.1, 0.15) is 0 Å². The molecule has 52 heavy (non-hydrogen) atoms. The maximum atomic E-state index is 6.69. The Morgan fingerprint density at radius 2 is 0.846 bits per heavy atom. The quantitative estimate of drug-likeness (QED) is 0.187. The minimum atomic E-state index is 0.576. The first-order chi connectivity index (χ1) is 25.7. The van der Waals surface area contributed by atoms with Gasteiger partial charge in [0, 0.05) is 43.8 Å². The van der Waals surface area contributed by atoms with E-state index in [2.05, 4.69) is 115 Å². The molecule has 0 aliphatic rings. The Morgan fingerprint density at radius 3 is 1.60 bits per heavy atom. The van der Waals surface area contributed by atoms with Crippen LogP contribution in [-0.4, -0.2) is 15.0 Å². The van der Waals surface area contributed by atoms with Gasteiger partial charge < -0.3 is 8.83 Å². The highest BCUT2D eigenvalue weighted by Crippen LogP contribution is 2.42. The predicted molar refractivity (Wildman–Crippen MR) is 211 cm³/mol. The van der Waals surface area contributed by atoms with Gasteiger partial charge in [-0.15, -0.1) is 0 Å². The minimum Gasteiger partial charge on any atom is -0.456 e. The molecule has 8 aromatic carbocycles. The van der Waals surface area contributed by atoms with Gasteiger partial charge in [-0.3, -0.25) is 0 Å². The van der Waals surface area contributed by atoms with E-state index < -0.39 is 0 Å². The van der Waals surface area contributed by atoms with E-state index in [4.69, 9.17) is 23.8 Å². The van der Waals surface area contributed by atoms with Crippen molar-refractivity contribution in [2.24, 2.45) is 0 Å². The summed E-state index contributed by atoms with van der Waals surface area (Å²) in [5.41, 5.74) is 8.07. The summed E-state index contributed by atoms with van der Waals surface area (Å²) >= 11 is 0. The van der Waals surface area contributed by atoms with Gasteiger partial charge in [-0.1, -0.05) is 109 Å². The molecule has 0 N–H and O–H groups in total. The molecule has 5 heteroatoms. The summed E-state index contributed by atoms with van der Waals surface area (Å²) in [7, 11) is 0. The highest BCUT2D eigenvalue weighted by molar-refractivity contribution is 6.16. The van der Waals surface area contributed by atoms with Gasteiger partial charge in [-0.25, -0.2) is 15.0 Å². The van der Waals surface area contributed by atoms with Crippen LogP contribution in [0.25, 0.3) is 111 Å². The summed E-state index contributed by atoms with van der Waals surface area (Å²) in [6.07, 6.45) is 0. The van der Waals surface area contributed by atoms with Crippen molar-refractivity contribution < 1.29 is 8.83 Å². The van der Waals surface area contributed by atoms with Crippen molar-refractivity contribution in [1.29, 1.82) is 0 Å². The lowest BCUT2D eigenvalue weighted by atomic mass is 9.96. The summed E-state index contributed by atoms with van der Waals surface area (Å²) in [5, 5.41) is 8.72. The Balaban J connectivity index is 1.17. The second kappa shape index (κ2) is 11.2. The van der Waals surface area contributed by atoms with Gasteiger partial charge in [0.05, 0.1) is 0 Å². The summed E-state index contributed by atoms with van der Waals surface area (Å²) in [6, 6.07) is 56.4. The SMILES string of the molecule is c1ccc2cc(-c3nc(-c4ccc5oc6ccccc6c5c4)nc(-c4ccc(-c5ccc6ccccc6c5)c5oc6ccccc6c45)n3)ccc2c1. The fourth-order valence-electron chi connectivity index (χ4n) is 7.55. The number of hydrogen-bond acceptors (Lipinski definition) is 5. The van der Waals surface area contributed by atoms with Crippen LogP contribution in [0.2, 0.25) is 0 Å². The third kappa shape index (κ3) is 4.53. The molecule has 0 spiro atoms. The molecular weight excluding hydrogens is 639 g/mol. The second-order valence-electron chi connectivity index (χ2n) is 13.2. The van der Waals surface area contributed by atoms with Gasteiger partial charge >= 0.3 is 0 Å². The first kappa shape index (κ1) is 28.7. The van der Waals surface area contributed by atoms with Crippen LogP contribution in [0, 0.1) is 0 Å². The van der Waals surface area contributed by atoms with Crippen LogP contribution in [-0.2, 0) is 0 Å². The van der Waals surface area contributed by atoms with Crippen LogP contribution in [0.15, 0.2) is 173 Å². The van der Waals surface area contributed by atoms with Gasteiger partial charge in [-0.05, 0) is 81.7 Å². The molecule has 3 heterocycles. The first-order valence-electron chi connectivity index (χ1n) is 17.3. The van der Waals surface area contributed by atoms with Crippen molar-refractivity contribution in [3.05, 3.63) is 164 Å². The molecule has 0 fully saturated rings. The molecule has 11 rings (SSSR count). The van der Waals surface area contributed by atoms with Crippen molar-refractivity contribution in [2.45, 2.75) is 0 Å². The average molecular weight is 666 g/mol. The molecule has 0 amide bonds. The second-order valence-corrected chi connectivity index (χ2v) is 13.2. The standard InChI is InChI=1S/C47H27N3O2/c1-3-11-30-25-32(19-17-28(30)9-1)35-22-23-38(43-37-14-6-8-16-41(37)52-44(35)43)47-49-45(33-20-18-29-10-2-4-12-31(29)26-33)48-46(50-47)34-21-24-42-39(27-34)36-13-5-7-15-40(36)51-42/h1-27H. The van der Waals surface area contributed by atoms with Crippen LogP contribution >= 0.6 is 0 Å². The van der Waals surface area contributed by atoms with Gasteiger partial charge in [0.25, 0.3) is 0 Å². The molecular formula is C47H27N3O2. The van der Waals surface area contributed by atoms with Crippen molar-refractivity contribution in [3.8, 4) is 45.3 Å². The van der Waals surface area contributed by atoms with Crippen molar-refractivity contribution in [1.82, 2.24) is 15.0 Å². The van der Waals surface area contributed by atoms with Crippen molar-refractivity contribution in [2.75, 3.05) is 0 Å². The predicted octanol–water partition coefficient (Wildman–Crippen LogP) is 12.6. The molecule has 5 nitrogen and oxygen atoms in total. The Hall–Kier alpha value is -7.11. The van der Waals surface area contributed by atoms with Crippen LogP contribution in [0.3, 0.4) is 0 Å². The number of hydrogen-bond donors (Lipinski definition) is 0. The topological polar surface area (TPSA) is 65.0 Å². The van der Waals surface area contributed by atoms with Gasteiger partial charge in [0.15, 0.2) is 17.5 Å². The van der Waals surface area contributed by atoms with Crippen molar-refractivity contribution in [3.63, 3.8) is 0 Å². The lowest BCUT2D eigenvalue weighted by Crippen LogP contribution is -2.00. The van der Waals surface area contributed by atoms with Crippen LogP contribution < -0.4 is 0 Å². The Bertz CT molecular complexity index is 3210.